The highest BCUT2D eigenvalue weighted by Crippen LogP contribution is 2.12. The molecule has 0 saturated heterocycles. The highest BCUT2D eigenvalue weighted by molar-refractivity contribution is 6.05. The van der Waals surface area contributed by atoms with Crippen LogP contribution in [-0.2, 0) is 0 Å². The number of rotatable bonds is 3. The molecule has 0 aliphatic carbocycles. The number of nitrogens with zero attached hydrogens (tertiary/aromatic N) is 5. The molecule has 60 valence electrons. The SMILES string of the molecule is C[N-]C(=[N-])[N-]C([N-]C)[N-]C. The van der Waals surface area contributed by atoms with E-state index in [9.17, 15) is 0 Å². The van der Waals surface area contributed by atoms with Crippen molar-refractivity contribution in [2.24, 2.45) is 0 Å². The van der Waals surface area contributed by atoms with Crippen molar-refractivity contribution in [3.63, 3.8) is 0 Å². The van der Waals surface area contributed by atoms with Gasteiger partial charge < -0.3 is 38.9 Å². The summed E-state index contributed by atoms with van der Waals surface area (Å²) in [5.41, 5.74) is 0. The summed E-state index contributed by atoms with van der Waals surface area (Å²) < 4.78 is 0. The Labute approximate surface area is 61.1 Å². The number of hydrogen-bond donors (Lipinski definition) is 0. The predicted molar refractivity (Wildman–Crippen MR) is 43.4 cm³/mol. The van der Waals surface area contributed by atoms with Crippen molar-refractivity contribution >= 4 is 5.96 Å². The highest BCUT2D eigenvalue weighted by Gasteiger charge is 1.56. The first kappa shape index (κ1) is 9.19. The molecule has 0 unspecified atom stereocenters. The van der Waals surface area contributed by atoms with Gasteiger partial charge in [0.15, 0.2) is 0 Å². The van der Waals surface area contributed by atoms with E-state index in [0.29, 0.717) is 0 Å². The molecule has 0 saturated carbocycles. The molecule has 0 aromatic heterocycles. The molecule has 0 aliphatic rings. The van der Waals surface area contributed by atoms with Crippen LogP contribution in [0, 0.1) is 0 Å². The van der Waals surface area contributed by atoms with E-state index in [0.717, 1.165) is 0 Å². The number of guanidine groups is 1. The molecule has 0 aromatic rings. The van der Waals surface area contributed by atoms with E-state index in [1.54, 1.807) is 14.1 Å². The average molecular weight is 140 g/mol. The summed E-state index contributed by atoms with van der Waals surface area (Å²) in [6.45, 7) is 0. The number of hydrogen-bond acceptors (Lipinski definition) is 0. The normalized spacial score (nSPS) is 9.60. The van der Waals surface area contributed by atoms with Crippen LogP contribution in [0.4, 0.5) is 0 Å². The molecular formula is C5H10N5-5. The minimum absolute atomic E-state index is 0.277. The third kappa shape index (κ3) is 3.26. The van der Waals surface area contributed by atoms with Gasteiger partial charge in [0, 0.05) is 0 Å². The fraction of sp³-hybridized carbons (Fsp3) is 0.800. The third-order valence-electron chi connectivity index (χ3n) is 0.893. The van der Waals surface area contributed by atoms with Crippen molar-refractivity contribution in [2.45, 2.75) is 6.29 Å². The third-order valence-corrected chi connectivity index (χ3v) is 0.893. The second kappa shape index (κ2) is 5.01. The first-order chi connectivity index (χ1) is 4.74. The van der Waals surface area contributed by atoms with Crippen LogP contribution >= 0.6 is 0 Å². The van der Waals surface area contributed by atoms with Crippen molar-refractivity contribution in [1.82, 2.24) is 0 Å². The van der Waals surface area contributed by atoms with E-state index in [1.165, 1.54) is 7.05 Å². The van der Waals surface area contributed by atoms with E-state index < -0.39 is 6.29 Å². The molecule has 0 radical (unpaired) electrons. The summed E-state index contributed by atoms with van der Waals surface area (Å²) in [7, 11) is 4.59. The Morgan fingerprint density at radius 3 is 2.00 bits per heavy atom. The van der Waals surface area contributed by atoms with Gasteiger partial charge in [0.05, 0.1) is 0 Å². The van der Waals surface area contributed by atoms with Crippen molar-refractivity contribution in [3.8, 4) is 0 Å². The first-order valence-corrected chi connectivity index (χ1v) is 2.79. The van der Waals surface area contributed by atoms with E-state index >= 15 is 0 Å². The zero-order valence-corrected chi connectivity index (χ0v) is 6.31. The molecule has 5 heteroatoms. The Bertz CT molecular complexity index is 98.2. The van der Waals surface area contributed by atoms with Gasteiger partial charge in [-0.3, -0.25) is 0 Å². The molecule has 0 N–H and O–H groups in total. The Balaban J connectivity index is 3.52. The highest BCUT2D eigenvalue weighted by atomic mass is 15.3. The van der Waals surface area contributed by atoms with Crippen molar-refractivity contribution < 1.29 is 0 Å². The molecular weight excluding hydrogens is 130 g/mol. The van der Waals surface area contributed by atoms with Gasteiger partial charge in [0.2, 0.25) is 0 Å². The standard InChI is InChI=1S/C5H10N5/c1-7-4(6)10-5(8-2)9-3/h5H,1-3H3/q-5. The van der Waals surface area contributed by atoms with Crippen molar-refractivity contribution in [2.75, 3.05) is 21.1 Å². The zero-order chi connectivity index (χ0) is 7.98. The zero-order valence-electron chi connectivity index (χ0n) is 6.31. The molecule has 0 spiro atoms. The van der Waals surface area contributed by atoms with Gasteiger partial charge in [-0.15, -0.1) is 7.05 Å². The van der Waals surface area contributed by atoms with E-state index in [4.69, 9.17) is 5.41 Å². The Morgan fingerprint density at radius 2 is 1.70 bits per heavy atom. The summed E-state index contributed by atoms with van der Waals surface area (Å²) >= 11 is 0. The summed E-state index contributed by atoms with van der Waals surface area (Å²) in [5.74, 6) is -0.277. The lowest BCUT2D eigenvalue weighted by molar-refractivity contribution is 1.06. The van der Waals surface area contributed by atoms with Crippen LogP contribution in [0.2, 0.25) is 0 Å². The molecule has 10 heavy (non-hydrogen) atoms. The predicted octanol–water partition coefficient (Wildman–Crippen LogP) is 1.58. The lowest BCUT2D eigenvalue weighted by Gasteiger charge is -2.61. The van der Waals surface area contributed by atoms with E-state index in [2.05, 4.69) is 21.3 Å². The summed E-state index contributed by atoms with van der Waals surface area (Å²) in [4.78, 5) is 0. The Hall–Kier alpha value is -0.810. The molecule has 0 amide bonds. The minimum Gasteiger partial charge on any atom is -0.845 e. The van der Waals surface area contributed by atoms with E-state index in [-0.39, 0.29) is 5.96 Å². The lowest BCUT2D eigenvalue weighted by Crippen LogP contribution is -2.05. The molecule has 0 bridgehead atoms. The van der Waals surface area contributed by atoms with Crippen LogP contribution in [0.5, 0.6) is 0 Å². The molecule has 0 rings (SSSR count). The van der Waals surface area contributed by atoms with Crippen LogP contribution in [-0.4, -0.2) is 33.4 Å². The maximum Gasteiger partial charge on any atom is -0.146 e. The minimum atomic E-state index is -0.524. The molecule has 0 fully saturated rings. The van der Waals surface area contributed by atoms with Gasteiger partial charge in [0.1, 0.15) is 0 Å². The monoisotopic (exact) mass is 140 g/mol. The van der Waals surface area contributed by atoms with E-state index in [1.807, 2.05) is 0 Å². The first-order valence-electron chi connectivity index (χ1n) is 2.79. The maximum atomic E-state index is 8.75. The van der Waals surface area contributed by atoms with Crippen LogP contribution in [0.25, 0.3) is 26.7 Å². The second-order valence-corrected chi connectivity index (χ2v) is 1.52. The largest absolute Gasteiger partial charge is 0.845 e. The van der Waals surface area contributed by atoms with Crippen molar-refractivity contribution in [3.05, 3.63) is 26.7 Å². The smallest absolute Gasteiger partial charge is 0.146 e. The van der Waals surface area contributed by atoms with Gasteiger partial charge >= 0.3 is 0 Å². The Kier molecular flexibility index (Phi) is 4.61. The van der Waals surface area contributed by atoms with Gasteiger partial charge in [-0.05, 0) is 0 Å². The summed E-state index contributed by atoms with van der Waals surface area (Å²) in [5, 5.41) is 23.2. The van der Waals surface area contributed by atoms with Gasteiger partial charge in [-0.25, -0.2) is 0 Å². The molecule has 0 aromatic carbocycles. The van der Waals surface area contributed by atoms with Crippen LogP contribution in [0.3, 0.4) is 0 Å². The molecule has 5 nitrogen and oxygen atoms in total. The maximum absolute atomic E-state index is 8.75. The van der Waals surface area contributed by atoms with Gasteiger partial charge in [-0.2, -0.15) is 14.1 Å². The fourth-order valence-electron chi connectivity index (χ4n) is 0.392. The van der Waals surface area contributed by atoms with Gasteiger partial charge in [-0.1, -0.05) is 0 Å². The molecule has 0 aliphatic heterocycles. The van der Waals surface area contributed by atoms with Crippen LogP contribution in [0.1, 0.15) is 0 Å². The summed E-state index contributed by atoms with van der Waals surface area (Å²) in [6.07, 6.45) is -0.524. The van der Waals surface area contributed by atoms with Crippen molar-refractivity contribution in [1.29, 1.82) is 0 Å². The molecule has 0 atom stereocenters. The van der Waals surface area contributed by atoms with Gasteiger partial charge in [0.25, 0.3) is 0 Å². The topological polar surface area (TPSA) is 78.7 Å². The quantitative estimate of drug-likeness (QED) is 0.421. The van der Waals surface area contributed by atoms with Crippen LogP contribution < -0.4 is 0 Å². The second-order valence-electron chi connectivity index (χ2n) is 1.52. The summed E-state index contributed by atoms with van der Waals surface area (Å²) in [6, 6.07) is 0. The average Bonchev–Trinajstić information content (AvgIpc) is 1.99. The van der Waals surface area contributed by atoms with Crippen LogP contribution in [0.15, 0.2) is 0 Å². The lowest BCUT2D eigenvalue weighted by atomic mass is 10.7. The Morgan fingerprint density at radius 1 is 1.20 bits per heavy atom. The molecule has 0 heterocycles. The fourth-order valence-corrected chi connectivity index (χ4v) is 0.392.